The monoisotopic (exact) mass is 260 g/mol. The van der Waals surface area contributed by atoms with Crippen molar-refractivity contribution in [2.45, 2.75) is 44.8 Å². The number of fused-ring (bicyclic) bond motifs is 2. The van der Waals surface area contributed by atoms with E-state index in [9.17, 15) is 0 Å². The second kappa shape index (κ2) is 3.82. The van der Waals surface area contributed by atoms with Crippen LogP contribution in [-0.4, -0.2) is 28.7 Å². The minimum atomic E-state index is 0.350. The van der Waals surface area contributed by atoms with Crippen LogP contribution in [0.15, 0.2) is 6.07 Å². The van der Waals surface area contributed by atoms with E-state index in [1.807, 2.05) is 6.92 Å². The zero-order valence-electron chi connectivity index (χ0n) is 11.2. The molecule has 3 atom stereocenters. The van der Waals surface area contributed by atoms with Crippen molar-refractivity contribution >= 4 is 11.8 Å². The largest absolute Gasteiger partial charge is 0.384 e. The molecule has 1 spiro atoms. The molecule has 0 radical (unpaired) electrons. The van der Waals surface area contributed by atoms with Gasteiger partial charge in [0.25, 0.3) is 0 Å². The van der Waals surface area contributed by atoms with Gasteiger partial charge in [0.2, 0.25) is 5.95 Å². The van der Waals surface area contributed by atoms with Crippen molar-refractivity contribution < 1.29 is 4.74 Å². The Hall–Kier alpha value is -1.36. The van der Waals surface area contributed by atoms with Crippen molar-refractivity contribution in [3.05, 3.63) is 11.8 Å². The van der Waals surface area contributed by atoms with Gasteiger partial charge in [-0.2, -0.15) is 4.98 Å². The van der Waals surface area contributed by atoms with E-state index in [0.29, 0.717) is 35.2 Å². The van der Waals surface area contributed by atoms with Gasteiger partial charge in [-0.15, -0.1) is 0 Å². The molecule has 1 aromatic rings. The standard InChI is InChI=1S/C14H20N4O/c1-8-7-10(15)17-13(16-8)18-11-9-3-6-19-12(9)14(11)4-2-5-14/h7,9,11-12H,2-6H2,1H3,(H3,15,16,17,18). The Morgan fingerprint density at radius 1 is 1.42 bits per heavy atom. The summed E-state index contributed by atoms with van der Waals surface area (Å²) in [5.74, 6) is 1.85. The Morgan fingerprint density at radius 2 is 2.26 bits per heavy atom. The van der Waals surface area contributed by atoms with Crippen LogP contribution in [0.4, 0.5) is 11.8 Å². The number of anilines is 2. The zero-order valence-corrected chi connectivity index (χ0v) is 11.2. The lowest BCUT2D eigenvalue weighted by atomic mass is 9.46. The van der Waals surface area contributed by atoms with Gasteiger partial charge in [0, 0.05) is 35.7 Å². The Morgan fingerprint density at radius 3 is 2.95 bits per heavy atom. The topological polar surface area (TPSA) is 73.1 Å². The maximum atomic E-state index is 5.92. The predicted molar refractivity (Wildman–Crippen MR) is 72.7 cm³/mol. The molecule has 2 heterocycles. The molecule has 3 unspecified atom stereocenters. The first-order valence-corrected chi connectivity index (χ1v) is 7.18. The van der Waals surface area contributed by atoms with E-state index in [0.717, 1.165) is 18.7 Å². The minimum absolute atomic E-state index is 0.350. The second-order valence-electron chi connectivity index (χ2n) is 6.21. The lowest BCUT2D eigenvalue weighted by molar-refractivity contribution is -0.158. The minimum Gasteiger partial charge on any atom is -0.384 e. The highest BCUT2D eigenvalue weighted by Gasteiger charge is 2.66. The molecule has 3 aliphatic rings. The summed E-state index contributed by atoms with van der Waals surface area (Å²) < 4.78 is 5.92. The van der Waals surface area contributed by atoms with Crippen molar-refractivity contribution in [2.75, 3.05) is 17.7 Å². The molecule has 0 amide bonds. The van der Waals surface area contributed by atoms with Crippen LogP contribution in [0.25, 0.3) is 0 Å². The third kappa shape index (κ3) is 1.51. The summed E-state index contributed by atoms with van der Waals surface area (Å²) in [4.78, 5) is 8.76. The van der Waals surface area contributed by atoms with Gasteiger partial charge < -0.3 is 15.8 Å². The molecular weight excluding hydrogens is 240 g/mol. The van der Waals surface area contributed by atoms with Gasteiger partial charge in [0.1, 0.15) is 5.82 Å². The lowest BCUT2D eigenvalue weighted by Crippen LogP contribution is -2.69. The van der Waals surface area contributed by atoms with Crippen LogP contribution < -0.4 is 11.1 Å². The summed E-state index contributed by atoms with van der Waals surface area (Å²) in [5, 5.41) is 3.54. The number of nitrogen functional groups attached to an aromatic ring is 1. The molecule has 1 aromatic heterocycles. The van der Waals surface area contributed by atoms with Crippen LogP contribution in [0.3, 0.4) is 0 Å². The van der Waals surface area contributed by atoms with Crippen LogP contribution in [0.1, 0.15) is 31.4 Å². The maximum Gasteiger partial charge on any atom is 0.225 e. The van der Waals surface area contributed by atoms with E-state index in [1.165, 1.54) is 19.3 Å². The van der Waals surface area contributed by atoms with Gasteiger partial charge in [-0.1, -0.05) is 6.42 Å². The number of ether oxygens (including phenoxy) is 1. The summed E-state index contributed by atoms with van der Waals surface area (Å²) in [7, 11) is 0. The first-order valence-electron chi connectivity index (χ1n) is 7.18. The van der Waals surface area contributed by atoms with Crippen molar-refractivity contribution in [1.29, 1.82) is 0 Å². The highest BCUT2D eigenvalue weighted by Crippen LogP contribution is 2.63. The van der Waals surface area contributed by atoms with Gasteiger partial charge in [-0.3, -0.25) is 0 Å². The molecular formula is C14H20N4O. The molecule has 4 rings (SSSR count). The van der Waals surface area contributed by atoms with Crippen LogP contribution in [0.5, 0.6) is 0 Å². The summed E-state index contributed by atoms with van der Waals surface area (Å²) in [5.41, 5.74) is 7.06. The number of aryl methyl sites for hydroxylation is 1. The van der Waals surface area contributed by atoms with E-state index in [4.69, 9.17) is 10.5 Å². The third-order valence-electron chi connectivity index (χ3n) is 5.19. The molecule has 0 aromatic carbocycles. The number of hydrogen-bond donors (Lipinski definition) is 2. The van der Waals surface area contributed by atoms with Crippen molar-refractivity contribution in [3.8, 4) is 0 Å². The average Bonchev–Trinajstić information content (AvgIpc) is 2.68. The van der Waals surface area contributed by atoms with E-state index < -0.39 is 0 Å². The van der Waals surface area contributed by atoms with Crippen molar-refractivity contribution in [2.24, 2.45) is 11.3 Å². The van der Waals surface area contributed by atoms with Crippen LogP contribution in [0, 0.1) is 18.3 Å². The Balaban J connectivity index is 1.59. The SMILES string of the molecule is Cc1cc(N)nc(NC2C3CCOC3C23CCC3)n1. The number of nitrogens with zero attached hydrogens (tertiary/aromatic N) is 2. The van der Waals surface area contributed by atoms with Crippen molar-refractivity contribution in [1.82, 2.24) is 9.97 Å². The molecule has 5 nitrogen and oxygen atoms in total. The van der Waals surface area contributed by atoms with Crippen LogP contribution >= 0.6 is 0 Å². The van der Waals surface area contributed by atoms with Crippen molar-refractivity contribution in [3.63, 3.8) is 0 Å². The molecule has 2 saturated carbocycles. The Kier molecular flexibility index (Phi) is 2.31. The molecule has 2 aliphatic carbocycles. The average molecular weight is 260 g/mol. The summed E-state index contributed by atoms with van der Waals surface area (Å²) in [6, 6.07) is 2.27. The van der Waals surface area contributed by atoms with Gasteiger partial charge >= 0.3 is 0 Å². The fourth-order valence-corrected chi connectivity index (χ4v) is 4.25. The van der Waals surface area contributed by atoms with E-state index in [2.05, 4.69) is 15.3 Å². The number of aromatic nitrogens is 2. The zero-order chi connectivity index (χ0) is 13.0. The third-order valence-corrected chi connectivity index (χ3v) is 5.19. The predicted octanol–water partition coefficient (Wildman–Crippen LogP) is 1.74. The molecule has 19 heavy (non-hydrogen) atoms. The molecule has 0 bridgehead atoms. The molecule has 5 heteroatoms. The second-order valence-corrected chi connectivity index (χ2v) is 6.21. The van der Waals surface area contributed by atoms with Gasteiger partial charge in [-0.05, 0) is 26.2 Å². The van der Waals surface area contributed by atoms with Gasteiger partial charge in [0.15, 0.2) is 0 Å². The molecule has 3 fully saturated rings. The van der Waals surface area contributed by atoms with Gasteiger partial charge in [0.05, 0.1) is 6.10 Å². The van der Waals surface area contributed by atoms with E-state index in [1.54, 1.807) is 6.07 Å². The smallest absolute Gasteiger partial charge is 0.225 e. The first kappa shape index (κ1) is 11.5. The summed E-state index contributed by atoms with van der Waals surface area (Å²) in [6.07, 6.45) is 5.49. The molecule has 1 aliphatic heterocycles. The highest BCUT2D eigenvalue weighted by molar-refractivity contribution is 5.41. The van der Waals surface area contributed by atoms with Crippen LogP contribution in [0.2, 0.25) is 0 Å². The fourth-order valence-electron chi connectivity index (χ4n) is 4.25. The molecule has 1 saturated heterocycles. The fraction of sp³-hybridized carbons (Fsp3) is 0.714. The number of nitrogens with two attached hydrogens (primary N) is 1. The first-order chi connectivity index (χ1) is 9.19. The van der Waals surface area contributed by atoms with Gasteiger partial charge in [-0.25, -0.2) is 4.98 Å². The lowest BCUT2D eigenvalue weighted by Gasteiger charge is -2.63. The number of rotatable bonds is 2. The highest BCUT2D eigenvalue weighted by atomic mass is 16.5. The number of hydrogen-bond acceptors (Lipinski definition) is 5. The maximum absolute atomic E-state index is 5.92. The number of nitrogens with one attached hydrogen (secondary N) is 1. The summed E-state index contributed by atoms with van der Waals surface area (Å²) in [6.45, 7) is 2.86. The van der Waals surface area contributed by atoms with Crippen LogP contribution in [-0.2, 0) is 4.74 Å². The quantitative estimate of drug-likeness (QED) is 0.847. The Labute approximate surface area is 113 Å². The van der Waals surface area contributed by atoms with E-state index in [-0.39, 0.29) is 0 Å². The Bertz CT molecular complexity index is 494. The normalized spacial score (nSPS) is 34.5. The summed E-state index contributed by atoms with van der Waals surface area (Å²) >= 11 is 0. The molecule has 3 N–H and O–H groups in total. The molecule has 102 valence electrons. The van der Waals surface area contributed by atoms with E-state index >= 15 is 0 Å².